The molecule has 11 aromatic rings. The van der Waals surface area contributed by atoms with Gasteiger partial charge in [0.05, 0.1) is 16.8 Å². The Labute approximate surface area is 413 Å². The number of fused-ring (bicyclic) bond motifs is 13. The van der Waals surface area contributed by atoms with E-state index in [1.807, 2.05) is 0 Å². The molecule has 334 valence electrons. The smallest absolute Gasteiger partial charge is 0.196 e. The molecule has 0 bridgehead atoms. The normalized spacial score (nSPS) is 12.8. The van der Waals surface area contributed by atoms with Gasteiger partial charge in [0.25, 0.3) is 0 Å². The maximum Gasteiger partial charge on any atom is 0.196 e. The summed E-state index contributed by atoms with van der Waals surface area (Å²) in [7, 11) is 0. The molecule has 0 fully saturated rings. The first-order valence-corrected chi connectivity index (χ1v) is 24.2. The third-order valence-corrected chi connectivity index (χ3v) is 14.5. The number of nitrogens with zero attached hydrogens (tertiary/aromatic N) is 2. The second kappa shape index (κ2) is 16.4. The fraction of sp³-hybridized carbons (Fsp3) is 0.0149. The maximum absolute atomic E-state index is 7.79. The molecule has 3 aliphatic rings. The van der Waals surface area contributed by atoms with E-state index in [2.05, 4.69) is 277 Å². The number of hydrogen-bond acceptors (Lipinski definition) is 4. The van der Waals surface area contributed by atoms with Crippen molar-refractivity contribution in [2.24, 2.45) is 0 Å². The van der Waals surface area contributed by atoms with E-state index in [0.29, 0.717) is 23.0 Å². The Hall–Kier alpha value is -9.38. The minimum absolute atomic E-state index is 0.551. The van der Waals surface area contributed by atoms with Crippen molar-refractivity contribution >= 4 is 34.1 Å². The zero-order valence-electron chi connectivity index (χ0n) is 38.6. The first-order valence-electron chi connectivity index (χ1n) is 24.2. The van der Waals surface area contributed by atoms with Crippen LogP contribution in [0.5, 0.6) is 23.0 Å². The molecule has 1 spiro atoms. The molecule has 0 amide bonds. The zero-order valence-corrected chi connectivity index (χ0v) is 38.6. The van der Waals surface area contributed by atoms with E-state index in [0.717, 1.165) is 67.5 Å². The molecule has 11 aromatic carbocycles. The summed E-state index contributed by atoms with van der Waals surface area (Å²) < 4.78 is 15.3. The lowest BCUT2D eigenvalue weighted by atomic mass is 9.70. The van der Waals surface area contributed by atoms with E-state index in [4.69, 9.17) is 9.47 Å². The van der Waals surface area contributed by atoms with Crippen LogP contribution < -0.4 is 19.3 Å². The monoisotopic (exact) mass is 908 g/mol. The number of ether oxygens (including phenoxy) is 2. The number of benzene rings is 11. The summed E-state index contributed by atoms with van der Waals surface area (Å²) >= 11 is 0. The van der Waals surface area contributed by atoms with E-state index >= 15 is 0 Å². The van der Waals surface area contributed by atoms with Crippen molar-refractivity contribution in [2.45, 2.75) is 5.41 Å². The molecule has 1 aliphatic heterocycles. The van der Waals surface area contributed by atoms with E-state index < -0.39 is 5.41 Å². The van der Waals surface area contributed by atoms with Gasteiger partial charge < -0.3 is 19.3 Å². The molecule has 0 radical (unpaired) electrons. The van der Waals surface area contributed by atoms with Crippen LogP contribution in [0.25, 0.3) is 44.5 Å². The summed E-state index contributed by atoms with van der Waals surface area (Å²) in [4.78, 5) is 4.59. The second-order valence-electron chi connectivity index (χ2n) is 18.3. The SMILES string of the molecule is c1ccc(-c2cccc(N(c3ccccc3)c3ccc(N(c4ccccc4)c4cccc(-c5ccccc5)c4)c4c3Oc3ccc5c(c3O4)-c3ccccc3C53c4ccccc4-c4ccccc43)c2)cc1. The standard InChI is InChI=1S/C67H44N2O2/c1-5-21-45(22-6-1)47-25-19-31-51(43-47)68(49-27-9-3-10-28-49)60-40-41-61(69(50-29-11-4-12-30-50)52-32-20-26-48(44-52)46-23-7-2-8-24-46)65-64(60)70-62-42-39-59-63(66(62)71-65)55-35-15-18-38-58(55)67(59)56-36-16-13-33-53(56)54-34-14-17-37-57(54)67/h1-44H. The fourth-order valence-corrected chi connectivity index (χ4v) is 11.5. The van der Waals surface area contributed by atoms with Crippen molar-refractivity contribution in [3.8, 4) is 67.5 Å². The molecule has 2 aliphatic carbocycles. The van der Waals surface area contributed by atoms with E-state index in [9.17, 15) is 0 Å². The largest absolute Gasteiger partial charge is 0.447 e. The lowest BCUT2D eigenvalue weighted by Gasteiger charge is -2.35. The summed E-state index contributed by atoms with van der Waals surface area (Å²) in [6, 6.07) is 95.2. The van der Waals surface area contributed by atoms with Crippen LogP contribution in [0, 0.1) is 0 Å². The molecule has 4 heteroatoms. The predicted octanol–water partition coefficient (Wildman–Crippen LogP) is 18.2. The van der Waals surface area contributed by atoms with Crippen LogP contribution in [0.4, 0.5) is 34.1 Å². The van der Waals surface area contributed by atoms with Crippen molar-refractivity contribution in [1.82, 2.24) is 0 Å². The average Bonchev–Trinajstić information content (AvgIpc) is 3.92. The first-order chi connectivity index (χ1) is 35.2. The average molecular weight is 909 g/mol. The number of anilines is 6. The topological polar surface area (TPSA) is 24.9 Å². The minimum atomic E-state index is -0.551. The van der Waals surface area contributed by atoms with Gasteiger partial charge in [-0.05, 0) is 128 Å². The zero-order chi connectivity index (χ0) is 46.9. The Morgan fingerprint density at radius 2 is 0.662 bits per heavy atom. The van der Waals surface area contributed by atoms with Gasteiger partial charge in [-0.1, -0.05) is 200 Å². The summed E-state index contributed by atoms with van der Waals surface area (Å²) in [6.07, 6.45) is 0. The minimum Gasteiger partial charge on any atom is -0.447 e. The van der Waals surface area contributed by atoms with Crippen LogP contribution in [0.3, 0.4) is 0 Å². The van der Waals surface area contributed by atoms with Crippen molar-refractivity contribution in [3.63, 3.8) is 0 Å². The molecule has 0 unspecified atom stereocenters. The van der Waals surface area contributed by atoms with Gasteiger partial charge in [-0.2, -0.15) is 0 Å². The van der Waals surface area contributed by atoms with Crippen LogP contribution in [-0.2, 0) is 5.41 Å². The molecule has 0 aromatic heterocycles. The molecule has 14 rings (SSSR count). The Bertz CT molecular complexity index is 3790. The molecule has 0 saturated heterocycles. The highest BCUT2D eigenvalue weighted by Crippen LogP contribution is 2.68. The Morgan fingerprint density at radius 3 is 1.17 bits per heavy atom. The number of para-hydroxylation sites is 2. The highest BCUT2D eigenvalue weighted by Gasteiger charge is 2.53. The van der Waals surface area contributed by atoms with Gasteiger partial charge in [0, 0.05) is 28.3 Å². The molecule has 0 saturated carbocycles. The van der Waals surface area contributed by atoms with Crippen molar-refractivity contribution in [3.05, 3.63) is 289 Å². The van der Waals surface area contributed by atoms with Gasteiger partial charge >= 0.3 is 0 Å². The summed E-state index contributed by atoms with van der Waals surface area (Å²) in [6.45, 7) is 0. The van der Waals surface area contributed by atoms with E-state index in [-0.39, 0.29) is 0 Å². The predicted molar refractivity (Wildman–Crippen MR) is 290 cm³/mol. The summed E-state index contributed by atoms with van der Waals surface area (Å²) in [5, 5.41) is 0. The quantitative estimate of drug-likeness (QED) is 0.152. The summed E-state index contributed by atoms with van der Waals surface area (Å²) in [5.41, 5.74) is 19.2. The van der Waals surface area contributed by atoms with Crippen molar-refractivity contribution < 1.29 is 9.47 Å². The lowest BCUT2D eigenvalue weighted by Crippen LogP contribution is -2.25. The molecule has 4 nitrogen and oxygen atoms in total. The van der Waals surface area contributed by atoms with E-state index in [1.165, 1.54) is 33.4 Å². The van der Waals surface area contributed by atoms with Gasteiger partial charge in [-0.25, -0.2) is 0 Å². The molecular formula is C67H44N2O2. The third-order valence-electron chi connectivity index (χ3n) is 14.5. The molecule has 0 atom stereocenters. The summed E-state index contributed by atoms with van der Waals surface area (Å²) in [5.74, 6) is 2.58. The number of rotatable bonds is 8. The highest BCUT2D eigenvalue weighted by atomic mass is 16.6. The van der Waals surface area contributed by atoms with Crippen molar-refractivity contribution in [2.75, 3.05) is 9.80 Å². The second-order valence-corrected chi connectivity index (χ2v) is 18.3. The van der Waals surface area contributed by atoms with Gasteiger partial charge in [0.15, 0.2) is 23.0 Å². The van der Waals surface area contributed by atoms with Crippen LogP contribution in [-0.4, -0.2) is 0 Å². The van der Waals surface area contributed by atoms with Gasteiger partial charge in [0.2, 0.25) is 0 Å². The fourth-order valence-electron chi connectivity index (χ4n) is 11.5. The molecule has 71 heavy (non-hydrogen) atoms. The Kier molecular flexibility index (Phi) is 9.39. The first kappa shape index (κ1) is 40.7. The van der Waals surface area contributed by atoms with Crippen LogP contribution in [0.15, 0.2) is 267 Å². The van der Waals surface area contributed by atoms with Gasteiger partial charge in [-0.3, -0.25) is 0 Å². The van der Waals surface area contributed by atoms with Crippen molar-refractivity contribution in [1.29, 1.82) is 0 Å². The van der Waals surface area contributed by atoms with Crippen LogP contribution in [0.2, 0.25) is 0 Å². The lowest BCUT2D eigenvalue weighted by molar-refractivity contribution is 0.362. The molecular weight excluding hydrogens is 865 g/mol. The van der Waals surface area contributed by atoms with E-state index in [1.54, 1.807) is 0 Å². The maximum atomic E-state index is 7.79. The molecule has 1 heterocycles. The van der Waals surface area contributed by atoms with Crippen LogP contribution >= 0.6 is 0 Å². The highest BCUT2D eigenvalue weighted by molar-refractivity contribution is 5.99. The van der Waals surface area contributed by atoms with Gasteiger partial charge in [-0.15, -0.1) is 0 Å². The Morgan fingerprint density at radius 1 is 0.268 bits per heavy atom. The molecule has 0 N–H and O–H groups in total. The van der Waals surface area contributed by atoms with Gasteiger partial charge in [0.1, 0.15) is 0 Å². The van der Waals surface area contributed by atoms with Crippen LogP contribution in [0.1, 0.15) is 22.3 Å². The number of hydrogen-bond donors (Lipinski definition) is 0. The third kappa shape index (κ3) is 6.32. The Balaban J connectivity index is 1.03.